The Labute approximate surface area is 118 Å². The molecule has 0 aliphatic carbocycles. The van der Waals surface area contributed by atoms with Crippen LogP contribution in [0.5, 0.6) is 0 Å². The second-order valence-corrected chi connectivity index (χ2v) is 6.33. The summed E-state index contributed by atoms with van der Waals surface area (Å²) in [5, 5.41) is 9.04. The zero-order chi connectivity index (χ0) is 15.3. The Kier molecular flexibility index (Phi) is 5.67. The number of hydrogen-bond donors (Lipinski definition) is 2. The van der Waals surface area contributed by atoms with E-state index < -0.39 is 22.0 Å². The summed E-state index contributed by atoms with van der Waals surface area (Å²) in [4.78, 5) is 11.1. The summed E-state index contributed by atoms with van der Waals surface area (Å²) in [5.74, 6) is -1.23. The van der Waals surface area contributed by atoms with Gasteiger partial charge >= 0.3 is 5.97 Å². The molecule has 0 heterocycles. The first kappa shape index (κ1) is 16.6. The Bertz CT molecular complexity index is 562. The highest BCUT2D eigenvalue weighted by Gasteiger charge is 2.25. The highest BCUT2D eigenvalue weighted by atomic mass is 32.2. The lowest BCUT2D eigenvalue weighted by molar-refractivity contribution is -0.139. The maximum Gasteiger partial charge on any atom is 0.321 e. The number of ether oxygens (including phenoxy) is 1. The van der Waals surface area contributed by atoms with E-state index in [2.05, 4.69) is 4.72 Å². The molecule has 1 unspecified atom stereocenters. The molecule has 1 aromatic rings. The lowest BCUT2D eigenvalue weighted by Gasteiger charge is -2.15. The maximum absolute atomic E-state index is 12.2. The second kappa shape index (κ2) is 6.83. The average Bonchev–Trinajstić information content (AvgIpc) is 2.32. The molecule has 0 aliphatic heterocycles. The summed E-state index contributed by atoms with van der Waals surface area (Å²) < 4.78 is 31.4. The van der Waals surface area contributed by atoms with Crippen molar-refractivity contribution in [2.45, 2.75) is 31.2 Å². The molecule has 20 heavy (non-hydrogen) atoms. The number of nitrogens with one attached hydrogen (secondary N) is 1. The molecule has 0 aliphatic rings. The van der Waals surface area contributed by atoms with Crippen molar-refractivity contribution in [3.8, 4) is 0 Å². The van der Waals surface area contributed by atoms with Gasteiger partial charge in [-0.15, -0.1) is 0 Å². The molecule has 1 aromatic carbocycles. The van der Waals surface area contributed by atoms with Crippen molar-refractivity contribution in [3.63, 3.8) is 0 Å². The van der Waals surface area contributed by atoms with Gasteiger partial charge in [0.15, 0.2) is 0 Å². The first-order chi connectivity index (χ1) is 9.26. The maximum atomic E-state index is 12.2. The number of rotatable bonds is 7. The van der Waals surface area contributed by atoms with Crippen LogP contribution in [0.2, 0.25) is 0 Å². The molecular formula is C13H19NO5S. The molecule has 0 saturated heterocycles. The number of carbonyl (C=O) groups is 1. The number of methoxy groups -OCH3 is 1. The monoisotopic (exact) mass is 301 g/mol. The number of carboxylic acids is 1. The van der Waals surface area contributed by atoms with Gasteiger partial charge in [0.25, 0.3) is 0 Å². The Morgan fingerprint density at radius 1 is 1.30 bits per heavy atom. The Morgan fingerprint density at radius 2 is 1.85 bits per heavy atom. The van der Waals surface area contributed by atoms with Gasteiger partial charge in [0.05, 0.1) is 4.90 Å². The van der Waals surface area contributed by atoms with E-state index in [1.54, 1.807) is 13.8 Å². The van der Waals surface area contributed by atoms with E-state index in [1.807, 2.05) is 6.07 Å². The highest BCUT2D eigenvalue weighted by Crippen LogP contribution is 2.15. The molecule has 1 rings (SSSR count). The number of benzene rings is 1. The third-order valence-electron chi connectivity index (χ3n) is 2.71. The summed E-state index contributed by atoms with van der Waals surface area (Å²) >= 11 is 0. The van der Waals surface area contributed by atoms with Crippen molar-refractivity contribution >= 4 is 16.0 Å². The smallest absolute Gasteiger partial charge is 0.321 e. The van der Waals surface area contributed by atoms with Gasteiger partial charge in [0.2, 0.25) is 10.0 Å². The fourth-order valence-corrected chi connectivity index (χ4v) is 3.22. The van der Waals surface area contributed by atoms with E-state index >= 15 is 0 Å². The number of carboxylic acid groups (broad SMARTS) is 1. The van der Waals surface area contributed by atoms with Crippen LogP contribution in [0.25, 0.3) is 0 Å². The van der Waals surface area contributed by atoms with Crippen LogP contribution in [0.1, 0.15) is 17.5 Å². The predicted molar refractivity (Wildman–Crippen MR) is 74.2 cm³/mol. The molecule has 1 atom stereocenters. The molecule has 7 heteroatoms. The van der Waals surface area contributed by atoms with Gasteiger partial charge in [-0.3, -0.25) is 4.79 Å². The molecular weight excluding hydrogens is 282 g/mol. The molecule has 0 amide bonds. The van der Waals surface area contributed by atoms with Gasteiger partial charge in [-0.25, -0.2) is 8.42 Å². The Hall–Kier alpha value is -1.44. The molecule has 0 fully saturated rings. The van der Waals surface area contributed by atoms with Crippen LogP contribution in [0.3, 0.4) is 0 Å². The fourth-order valence-electron chi connectivity index (χ4n) is 1.81. The molecule has 6 nitrogen and oxygen atoms in total. The standard InChI is InChI=1S/C13H19NO5S/c1-9-6-10(2)8-11(7-9)20(17,18)14-12(13(15)16)4-5-19-3/h6-8,12,14H,4-5H2,1-3H3,(H,15,16). The summed E-state index contributed by atoms with van der Waals surface area (Å²) in [6.07, 6.45) is 0.0653. The number of hydrogen-bond acceptors (Lipinski definition) is 4. The molecule has 0 spiro atoms. The summed E-state index contributed by atoms with van der Waals surface area (Å²) in [5.41, 5.74) is 1.60. The van der Waals surface area contributed by atoms with E-state index in [-0.39, 0.29) is 17.9 Å². The van der Waals surface area contributed by atoms with Crippen LogP contribution >= 0.6 is 0 Å². The van der Waals surface area contributed by atoms with E-state index in [9.17, 15) is 13.2 Å². The lowest BCUT2D eigenvalue weighted by atomic mass is 10.2. The van der Waals surface area contributed by atoms with E-state index in [1.165, 1.54) is 19.2 Å². The minimum atomic E-state index is -3.87. The minimum absolute atomic E-state index is 0.0653. The van der Waals surface area contributed by atoms with Crippen LogP contribution in [0.4, 0.5) is 0 Å². The first-order valence-electron chi connectivity index (χ1n) is 6.08. The van der Waals surface area contributed by atoms with Gasteiger partial charge in [-0.2, -0.15) is 4.72 Å². The Morgan fingerprint density at radius 3 is 2.30 bits per heavy atom. The third kappa shape index (κ3) is 4.59. The molecule has 2 N–H and O–H groups in total. The SMILES string of the molecule is COCCC(NS(=O)(=O)c1cc(C)cc(C)c1)C(=O)O. The van der Waals surface area contributed by atoms with Gasteiger partial charge in [0, 0.05) is 13.7 Å². The van der Waals surface area contributed by atoms with Crippen molar-refractivity contribution < 1.29 is 23.1 Å². The van der Waals surface area contributed by atoms with Crippen molar-refractivity contribution in [1.82, 2.24) is 4.72 Å². The quantitative estimate of drug-likeness (QED) is 0.786. The minimum Gasteiger partial charge on any atom is -0.480 e. The number of sulfonamides is 1. The van der Waals surface area contributed by atoms with Crippen molar-refractivity contribution in [2.75, 3.05) is 13.7 Å². The summed E-state index contributed by atoms with van der Waals surface area (Å²) in [7, 11) is -2.44. The van der Waals surface area contributed by atoms with Gasteiger partial charge in [0.1, 0.15) is 6.04 Å². The highest BCUT2D eigenvalue weighted by molar-refractivity contribution is 7.89. The van der Waals surface area contributed by atoms with Crippen molar-refractivity contribution in [3.05, 3.63) is 29.3 Å². The molecule has 112 valence electrons. The van der Waals surface area contributed by atoms with Crippen LogP contribution < -0.4 is 4.72 Å². The topological polar surface area (TPSA) is 92.7 Å². The summed E-state index contributed by atoms with van der Waals surface area (Å²) in [6, 6.07) is 3.65. The van der Waals surface area contributed by atoms with E-state index in [0.717, 1.165) is 11.1 Å². The number of aliphatic carboxylic acids is 1. The van der Waals surface area contributed by atoms with Crippen LogP contribution in [-0.4, -0.2) is 39.3 Å². The van der Waals surface area contributed by atoms with Gasteiger partial charge in [-0.05, 0) is 43.5 Å². The van der Waals surface area contributed by atoms with Crippen molar-refractivity contribution in [2.24, 2.45) is 0 Å². The summed E-state index contributed by atoms with van der Waals surface area (Å²) in [6.45, 7) is 3.73. The van der Waals surface area contributed by atoms with E-state index in [4.69, 9.17) is 9.84 Å². The van der Waals surface area contributed by atoms with Crippen LogP contribution in [-0.2, 0) is 19.6 Å². The Balaban J connectivity index is 3.00. The van der Waals surface area contributed by atoms with Gasteiger partial charge < -0.3 is 9.84 Å². The average molecular weight is 301 g/mol. The lowest BCUT2D eigenvalue weighted by Crippen LogP contribution is -2.41. The van der Waals surface area contributed by atoms with Crippen molar-refractivity contribution in [1.29, 1.82) is 0 Å². The fraction of sp³-hybridized carbons (Fsp3) is 0.462. The molecule has 0 saturated carbocycles. The largest absolute Gasteiger partial charge is 0.480 e. The van der Waals surface area contributed by atoms with Crippen LogP contribution in [0, 0.1) is 13.8 Å². The predicted octanol–water partition coefficient (Wildman–Crippen LogP) is 1.07. The van der Waals surface area contributed by atoms with Gasteiger partial charge in [-0.1, -0.05) is 6.07 Å². The third-order valence-corrected chi connectivity index (χ3v) is 4.16. The molecule has 0 aromatic heterocycles. The first-order valence-corrected chi connectivity index (χ1v) is 7.57. The normalized spacial score (nSPS) is 13.2. The zero-order valence-corrected chi connectivity index (χ0v) is 12.5. The second-order valence-electron chi connectivity index (χ2n) is 4.62. The molecule has 0 radical (unpaired) electrons. The zero-order valence-electron chi connectivity index (χ0n) is 11.7. The van der Waals surface area contributed by atoms with E-state index in [0.29, 0.717) is 0 Å². The molecule has 0 bridgehead atoms. The van der Waals surface area contributed by atoms with Crippen LogP contribution in [0.15, 0.2) is 23.1 Å². The number of aryl methyl sites for hydroxylation is 2.